The Labute approximate surface area is 106 Å². The molecule has 2 fully saturated rings. The van der Waals surface area contributed by atoms with Gasteiger partial charge in [0.05, 0.1) is 13.2 Å². The third-order valence-electron chi connectivity index (χ3n) is 3.68. The van der Waals surface area contributed by atoms with Gasteiger partial charge in [-0.25, -0.2) is 5.01 Å². The first-order valence-corrected chi connectivity index (χ1v) is 6.52. The lowest BCUT2D eigenvalue weighted by Crippen LogP contribution is -2.53. The summed E-state index contributed by atoms with van der Waals surface area (Å²) in [4.78, 5) is 23.1. The molecule has 2 aliphatic rings. The summed E-state index contributed by atoms with van der Waals surface area (Å²) in [5.74, 6) is -2.38. The zero-order valence-electron chi connectivity index (χ0n) is 10.4. The van der Waals surface area contributed by atoms with Crippen LogP contribution in [0.25, 0.3) is 0 Å². The summed E-state index contributed by atoms with van der Waals surface area (Å²) in [5, 5.41) is 12.8. The monoisotopic (exact) mass is 255 g/mol. The molecule has 2 atom stereocenters. The van der Waals surface area contributed by atoms with Gasteiger partial charge in [0.25, 0.3) is 0 Å². The van der Waals surface area contributed by atoms with Gasteiger partial charge in [-0.05, 0) is 12.8 Å². The summed E-state index contributed by atoms with van der Waals surface area (Å²) in [6.45, 7) is 2.48. The van der Waals surface area contributed by atoms with Crippen molar-refractivity contribution < 1.29 is 19.4 Å². The lowest BCUT2D eigenvalue weighted by atomic mass is 9.79. The van der Waals surface area contributed by atoms with E-state index in [4.69, 9.17) is 4.74 Å². The van der Waals surface area contributed by atoms with Crippen molar-refractivity contribution in [1.29, 1.82) is 0 Å². The third-order valence-corrected chi connectivity index (χ3v) is 3.68. The Morgan fingerprint density at radius 3 is 2.33 bits per heavy atom. The number of aliphatic carboxylic acids is 1. The number of carbonyl (C=O) groups excluding carboxylic acids is 2. The van der Waals surface area contributed by atoms with E-state index in [0.29, 0.717) is 39.1 Å². The van der Waals surface area contributed by atoms with Crippen LogP contribution in [-0.4, -0.2) is 43.2 Å². The van der Waals surface area contributed by atoms with E-state index in [2.05, 4.69) is 5.43 Å². The van der Waals surface area contributed by atoms with Gasteiger partial charge in [0, 0.05) is 30.9 Å². The minimum Gasteiger partial charge on any atom is -0.550 e. The van der Waals surface area contributed by atoms with Crippen molar-refractivity contribution in [2.45, 2.75) is 25.7 Å². The Balaban J connectivity index is 1.91. The predicted octanol–water partition coefficient (Wildman–Crippen LogP) is -1.09. The Hall–Kier alpha value is -1.14. The maximum atomic E-state index is 12.1. The number of hydrazine groups is 1. The standard InChI is InChI=1S/C12H20N2O4/c15-11(13-14-5-7-18-8-6-14)9-3-1-2-4-10(9)12(16)17/h9-10H,1-8H2,(H,13,15)(H,16,17)/p-1/t9-,10-/m1/s1. The lowest BCUT2D eigenvalue weighted by molar-refractivity contribution is -0.314. The SMILES string of the molecule is O=C([O-])[C@@H]1CCCC[C@H]1C(=O)NN1CCOCC1. The second-order valence-corrected chi connectivity index (χ2v) is 4.89. The van der Waals surface area contributed by atoms with Gasteiger partial charge in [0.1, 0.15) is 0 Å². The number of carboxylic acid groups (broad SMARTS) is 1. The Kier molecular flexibility index (Phi) is 4.54. The van der Waals surface area contributed by atoms with Gasteiger partial charge in [-0.1, -0.05) is 12.8 Å². The lowest BCUT2D eigenvalue weighted by Gasteiger charge is -2.34. The molecule has 2 rings (SSSR count). The molecule has 0 aromatic carbocycles. The Morgan fingerprint density at radius 2 is 1.72 bits per heavy atom. The van der Waals surface area contributed by atoms with Crippen LogP contribution >= 0.6 is 0 Å². The van der Waals surface area contributed by atoms with Crippen LogP contribution in [0.3, 0.4) is 0 Å². The van der Waals surface area contributed by atoms with Gasteiger partial charge >= 0.3 is 0 Å². The van der Waals surface area contributed by atoms with Crippen molar-refractivity contribution in [3.8, 4) is 0 Å². The summed E-state index contributed by atoms with van der Waals surface area (Å²) in [6, 6.07) is 0. The van der Waals surface area contributed by atoms with Gasteiger partial charge in [-0.3, -0.25) is 10.2 Å². The van der Waals surface area contributed by atoms with Gasteiger partial charge in [-0.2, -0.15) is 0 Å². The minimum atomic E-state index is -1.10. The highest BCUT2D eigenvalue weighted by molar-refractivity contribution is 5.83. The average molecular weight is 255 g/mol. The topological polar surface area (TPSA) is 81.7 Å². The molecule has 18 heavy (non-hydrogen) atoms. The first-order chi connectivity index (χ1) is 8.68. The van der Waals surface area contributed by atoms with Crippen LogP contribution in [0.4, 0.5) is 0 Å². The molecule has 1 heterocycles. The number of hydrogen-bond acceptors (Lipinski definition) is 5. The Bertz CT molecular complexity index is 315. The summed E-state index contributed by atoms with van der Waals surface area (Å²) in [7, 11) is 0. The normalized spacial score (nSPS) is 29.8. The van der Waals surface area contributed by atoms with Gasteiger partial charge in [-0.15, -0.1) is 0 Å². The number of nitrogens with one attached hydrogen (secondary N) is 1. The van der Waals surface area contributed by atoms with Gasteiger partial charge in [0.15, 0.2) is 0 Å². The molecule has 0 aromatic rings. The van der Waals surface area contributed by atoms with Crippen LogP contribution in [-0.2, 0) is 14.3 Å². The largest absolute Gasteiger partial charge is 0.550 e. The first-order valence-electron chi connectivity index (χ1n) is 6.52. The molecule has 0 radical (unpaired) electrons. The fraction of sp³-hybridized carbons (Fsp3) is 0.833. The highest BCUT2D eigenvalue weighted by Crippen LogP contribution is 2.29. The van der Waals surface area contributed by atoms with Crippen LogP contribution < -0.4 is 10.5 Å². The summed E-state index contributed by atoms with van der Waals surface area (Å²) >= 11 is 0. The number of rotatable bonds is 3. The van der Waals surface area contributed by atoms with Crippen LogP contribution in [0, 0.1) is 11.8 Å². The molecule has 0 unspecified atom stereocenters. The van der Waals surface area contributed by atoms with Crippen molar-refractivity contribution in [1.82, 2.24) is 10.4 Å². The third kappa shape index (κ3) is 3.20. The molecule has 1 aliphatic heterocycles. The van der Waals surface area contributed by atoms with Gasteiger partial charge < -0.3 is 14.6 Å². The number of ether oxygens (including phenoxy) is 1. The number of nitrogens with zero attached hydrogens (tertiary/aromatic N) is 1. The van der Waals surface area contributed by atoms with E-state index in [1.807, 2.05) is 0 Å². The maximum absolute atomic E-state index is 12.1. The van der Waals surface area contributed by atoms with E-state index in [1.54, 1.807) is 5.01 Å². The smallest absolute Gasteiger partial charge is 0.238 e. The Morgan fingerprint density at radius 1 is 1.11 bits per heavy atom. The number of carbonyl (C=O) groups is 2. The predicted molar refractivity (Wildman–Crippen MR) is 61.0 cm³/mol. The van der Waals surface area contributed by atoms with Crippen molar-refractivity contribution in [3.05, 3.63) is 0 Å². The van der Waals surface area contributed by atoms with Crippen LogP contribution in [0.1, 0.15) is 25.7 Å². The average Bonchev–Trinajstić information content (AvgIpc) is 2.40. The zero-order valence-corrected chi connectivity index (χ0v) is 10.4. The quantitative estimate of drug-likeness (QED) is 0.692. The van der Waals surface area contributed by atoms with E-state index < -0.39 is 17.8 Å². The first kappa shape index (κ1) is 13.3. The second kappa shape index (κ2) is 6.15. The van der Waals surface area contributed by atoms with Crippen LogP contribution in [0.5, 0.6) is 0 Å². The molecule has 6 nitrogen and oxygen atoms in total. The van der Waals surface area contributed by atoms with Crippen molar-refractivity contribution in [2.75, 3.05) is 26.3 Å². The molecule has 6 heteroatoms. The molecule has 0 bridgehead atoms. The summed E-state index contributed by atoms with van der Waals surface area (Å²) < 4.78 is 5.19. The van der Waals surface area contributed by atoms with E-state index >= 15 is 0 Å². The molecular formula is C12H19N2O4-. The van der Waals surface area contributed by atoms with Crippen molar-refractivity contribution in [3.63, 3.8) is 0 Å². The highest BCUT2D eigenvalue weighted by atomic mass is 16.5. The molecular weight excluding hydrogens is 236 g/mol. The van der Waals surface area contributed by atoms with E-state index in [0.717, 1.165) is 12.8 Å². The molecule has 0 spiro atoms. The van der Waals surface area contributed by atoms with E-state index in [-0.39, 0.29) is 5.91 Å². The fourth-order valence-corrected chi connectivity index (χ4v) is 2.64. The van der Waals surface area contributed by atoms with Crippen LogP contribution in [0.15, 0.2) is 0 Å². The van der Waals surface area contributed by atoms with Crippen molar-refractivity contribution >= 4 is 11.9 Å². The van der Waals surface area contributed by atoms with E-state index in [9.17, 15) is 14.7 Å². The zero-order chi connectivity index (χ0) is 13.0. The van der Waals surface area contributed by atoms with Gasteiger partial charge in [0.2, 0.25) is 5.91 Å². The number of hydrogen-bond donors (Lipinski definition) is 1. The molecule has 1 amide bonds. The molecule has 1 aliphatic carbocycles. The van der Waals surface area contributed by atoms with E-state index in [1.165, 1.54) is 0 Å². The number of morpholine rings is 1. The molecule has 1 saturated carbocycles. The summed E-state index contributed by atoms with van der Waals surface area (Å²) in [6.07, 6.45) is 2.95. The number of amides is 1. The van der Waals surface area contributed by atoms with Crippen molar-refractivity contribution in [2.24, 2.45) is 11.8 Å². The minimum absolute atomic E-state index is 0.189. The highest BCUT2D eigenvalue weighted by Gasteiger charge is 2.32. The molecule has 1 saturated heterocycles. The second-order valence-electron chi connectivity index (χ2n) is 4.89. The molecule has 1 N–H and O–H groups in total. The molecule has 102 valence electrons. The van der Waals surface area contributed by atoms with Crippen LogP contribution in [0.2, 0.25) is 0 Å². The maximum Gasteiger partial charge on any atom is 0.238 e. The fourth-order valence-electron chi connectivity index (χ4n) is 2.64. The number of carboxylic acids is 1. The summed E-state index contributed by atoms with van der Waals surface area (Å²) in [5.41, 5.74) is 2.80. The molecule has 0 aromatic heterocycles.